The fraction of sp³-hybridized carbons (Fsp3) is 0.294. The molecule has 0 amide bonds. The lowest BCUT2D eigenvalue weighted by molar-refractivity contribution is -0.384. The van der Waals surface area contributed by atoms with Crippen LogP contribution < -0.4 is 4.90 Å². The van der Waals surface area contributed by atoms with Gasteiger partial charge in [-0.25, -0.2) is 0 Å². The second-order valence-electron chi connectivity index (χ2n) is 6.29. The fourth-order valence-electron chi connectivity index (χ4n) is 2.21. The van der Waals surface area contributed by atoms with Gasteiger partial charge in [0, 0.05) is 24.9 Å². The Hall–Kier alpha value is -2.56. The number of rotatable bonds is 3. The van der Waals surface area contributed by atoms with Gasteiger partial charge in [0.2, 0.25) is 0 Å². The molecular formula is C17H20N2O3. The van der Waals surface area contributed by atoms with Crippen molar-refractivity contribution in [1.82, 2.24) is 0 Å². The van der Waals surface area contributed by atoms with Crippen LogP contribution >= 0.6 is 0 Å². The summed E-state index contributed by atoms with van der Waals surface area (Å²) in [6.45, 7) is 6.28. The molecule has 116 valence electrons. The number of nitrogens with zero attached hydrogens (tertiary/aromatic N) is 2. The third-order valence-electron chi connectivity index (χ3n) is 3.63. The Labute approximate surface area is 130 Å². The van der Waals surface area contributed by atoms with E-state index in [0.29, 0.717) is 11.4 Å². The molecule has 2 rings (SSSR count). The van der Waals surface area contributed by atoms with Crippen LogP contribution in [0.25, 0.3) is 0 Å². The zero-order chi connectivity index (χ0) is 16.5. The number of non-ortho nitro benzene ring substituents is 1. The van der Waals surface area contributed by atoms with Crippen LogP contribution in [0.2, 0.25) is 0 Å². The summed E-state index contributed by atoms with van der Waals surface area (Å²) in [6.07, 6.45) is 0. The van der Waals surface area contributed by atoms with E-state index in [-0.39, 0.29) is 16.9 Å². The fourth-order valence-corrected chi connectivity index (χ4v) is 2.21. The van der Waals surface area contributed by atoms with Crippen LogP contribution in [0.1, 0.15) is 26.3 Å². The predicted molar refractivity (Wildman–Crippen MR) is 88.0 cm³/mol. The maximum atomic E-state index is 10.9. The van der Waals surface area contributed by atoms with Crippen molar-refractivity contribution in [2.45, 2.75) is 26.2 Å². The van der Waals surface area contributed by atoms with Gasteiger partial charge in [0.25, 0.3) is 5.69 Å². The summed E-state index contributed by atoms with van der Waals surface area (Å²) in [4.78, 5) is 12.2. The number of anilines is 2. The van der Waals surface area contributed by atoms with Crippen LogP contribution in [-0.4, -0.2) is 17.1 Å². The van der Waals surface area contributed by atoms with Gasteiger partial charge in [-0.2, -0.15) is 0 Å². The van der Waals surface area contributed by atoms with Crippen molar-refractivity contribution >= 4 is 17.1 Å². The summed E-state index contributed by atoms with van der Waals surface area (Å²) in [5.74, 6) is 0.141. The van der Waals surface area contributed by atoms with Crippen molar-refractivity contribution in [3.05, 3.63) is 58.1 Å². The number of phenolic OH excluding ortho intramolecular Hbond substituents is 1. The van der Waals surface area contributed by atoms with E-state index in [2.05, 4.69) is 20.8 Å². The van der Waals surface area contributed by atoms with Crippen molar-refractivity contribution in [1.29, 1.82) is 0 Å². The van der Waals surface area contributed by atoms with Gasteiger partial charge >= 0.3 is 0 Å². The Morgan fingerprint density at radius 1 is 1.14 bits per heavy atom. The van der Waals surface area contributed by atoms with E-state index >= 15 is 0 Å². The Morgan fingerprint density at radius 3 is 2.41 bits per heavy atom. The maximum absolute atomic E-state index is 10.9. The minimum Gasteiger partial charge on any atom is -0.506 e. The van der Waals surface area contributed by atoms with Crippen molar-refractivity contribution in [2.24, 2.45) is 0 Å². The zero-order valence-corrected chi connectivity index (χ0v) is 13.2. The van der Waals surface area contributed by atoms with E-state index in [1.807, 2.05) is 12.1 Å². The van der Waals surface area contributed by atoms with Gasteiger partial charge in [0.05, 0.1) is 10.6 Å². The molecule has 1 N–H and O–H groups in total. The molecule has 0 saturated heterocycles. The molecule has 5 heteroatoms. The first-order valence-corrected chi connectivity index (χ1v) is 7.02. The summed E-state index contributed by atoms with van der Waals surface area (Å²) >= 11 is 0. The molecule has 0 atom stereocenters. The van der Waals surface area contributed by atoms with Gasteiger partial charge < -0.3 is 10.0 Å². The zero-order valence-electron chi connectivity index (χ0n) is 13.2. The number of aromatic hydroxyl groups is 1. The Kier molecular flexibility index (Phi) is 4.08. The third kappa shape index (κ3) is 3.19. The highest BCUT2D eigenvalue weighted by Crippen LogP contribution is 2.36. The molecule has 0 heterocycles. The molecule has 0 unspecified atom stereocenters. The average Bonchev–Trinajstić information content (AvgIpc) is 2.46. The topological polar surface area (TPSA) is 66.6 Å². The van der Waals surface area contributed by atoms with E-state index in [4.69, 9.17) is 0 Å². The SMILES string of the molecule is CN(c1cccc([N+](=O)[O-])c1)c1cc(C(C)(C)C)ccc1O. The van der Waals surface area contributed by atoms with Crippen molar-refractivity contribution < 1.29 is 10.0 Å². The third-order valence-corrected chi connectivity index (χ3v) is 3.63. The predicted octanol–water partition coefficient (Wildman–Crippen LogP) is 4.37. The summed E-state index contributed by atoms with van der Waals surface area (Å²) in [5.41, 5.74) is 2.32. The number of nitro groups is 1. The van der Waals surface area contributed by atoms with Gasteiger partial charge in [0.1, 0.15) is 5.75 Å². The summed E-state index contributed by atoms with van der Waals surface area (Å²) in [7, 11) is 1.78. The van der Waals surface area contributed by atoms with Crippen molar-refractivity contribution in [3.8, 4) is 5.75 Å². The highest BCUT2D eigenvalue weighted by molar-refractivity contribution is 5.70. The molecule has 2 aromatic carbocycles. The van der Waals surface area contributed by atoms with Gasteiger partial charge in [-0.15, -0.1) is 0 Å². The van der Waals surface area contributed by atoms with Crippen LogP contribution in [-0.2, 0) is 5.41 Å². The molecule has 0 spiro atoms. The number of benzene rings is 2. The van der Waals surface area contributed by atoms with Gasteiger partial charge in [-0.3, -0.25) is 10.1 Å². The normalized spacial score (nSPS) is 11.3. The van der Waals surface area contributed by atoms with Crippen LogP contribution in [0.3, 0.4) is 0 Å². The molecule has 0 bridgehead atoms. The quantitative estimate of drug-likeness (QED) is 0.675. The average molecular weight is 300 g/mol. The van der Waals surface area contributed by atoms with E-state index in [9.17, 15) is 15.2 Å². The standard InChI is InChI=1S/C17H20N2O3/c1-17(2,3)12-8-9-16(20)15(10-12)18(4)13-6-5-7-14(11-13)19(21)22/h5-11,20H,1-4H3. The lowest BCUT2D eigenvalue weighted by atomic mass is 9.86. The Bertz CT molecular complexity index is 705. The van der Waals surface area contributed by atoms with E-state index < -0.39 is 4.92 Å². The Balaban J connectivity index is 2.47. The minimum atomic E-state index is -0.428. The molecular weight excluding hydrogens is 280 g/mol. The van der Waals surface area contributed by atoms with Gasteiger partial charge in [-0.05, 0) is 29.2 Å². The van der Waals surface area contributed by atoms with E-state index in [0.717, 1.165) is 5.56 Å². The second-order valence-corrected chi connectivity index (χ2v) is 6.29. The molecule has 0 aliphatic rings. The molecule has 0 aliphatic heterocycles. The smallest absolute Gasteiger partial charge is 0.271 e. The maximum Gasteiger partial charge on any atom is 0.271 e. The van der Waals surface area contributed by atoms with Crippen LogP contribution in [0.5, 0.6) is 5.75 Å². The van der Waals surface area contributed by atoms with Gasteiger partial charge in [-0.1, -0.05) is 32.9 Å². The minimum absolute atomic E-state index is 0.0239. The molecule has 0 saturated carbocycles. The first-order chi connectivity index (χ1) is 10.2. The van der Waals surface area contributed by atoms with Crippen LogP contribution in [0, 0.1) is 10.1 Å². The first kappa shape index (κ1) is 15.8. The van der Waals surface area contributed by atoms with Gasteiger partial charge in [0.15, 0.2) is 0 Å². The largest absolute Gasteiger partial charge is 0.506 e. The molecule has 5 nitrogen and oxygen atoms in total. The molecule has 0 aliphatic carbocycles. The highest BCUT2D eigenvalue weighted by atomic mass is 16.6. The molecule has 0 radical (unpaired) electrons. The van der Waals surface area contributed by atoms with Crippen LogP contribution in [0.4, 0.5) is 17.1 Å². The lowest BCUT2D eigenvalue weighted by Crippen LogP contribution is -2.14. The highest BCUT2D eigenvalue weighted by Gasteiger charge is 2.18. The second kappa shape index (κ2) is 5.67. The monoisotopic (exact) mass is 300 g/mol. The molecule has 0 fully saturated rings. The summed E-state index contributed by atoms with van der Waals surface area (Å²) in [5, 5.41) is 21.0. The summed E-state index contributed by atoms with van der Waals surface area (Å²) < 4.78 is 0. The summed E-state index contributed by atoms with van der Waals surface area (Å²) in [6, 6.07) is 11.8. The van der Waals surface area contributed by atoms with Crippen molar-refractivity contribution in [2.75, 3.05) is 11.9 Å². The Morgan fingerprint density at radius 2 is 1.82 bits per heavy atom. The molecule has 0 aromatic heterocycles. The van der Waals surface area contributed by atoms with E-state index in [1.165, 1.54) is 12.1 Å². The molecule has 2 aromatic rings. The molecule has 22 heavy (non-hydrogen) atoms. The lowest BCUT2D eigenvalue weighted by Gasteiger charge is -2.25. The van der Waals surface area contributed by atoms with Crippen LogP contribution in [0.15, 0.2) is 42.5 Å². The number of hydrogen-bond donors (Lipinski definition) is 1. The van der Waals surface area contributed by atoms with E-state index in [1.54, 1.807) is 30.1 Å². The van der Waals surface area contributed by atoms with Crippen molar-refractivity contribution in [3.63, 3.8) is 0 Å². The number of nitro benzene ring substituents is 1. The number of hydrogen-bond acceptors (Lipinski definition) is 4. The first-order valence-electron chi connectivity index (χ1n) is 7.02. The number of phenols is 1.